The Morgan fingerprint density at radius 3 is 2.40 bits per heavy atom. The Kier molecular flexibility index (Phi) is 4.55. The maximum atomic E-state index is 12.6. The first-order chi connectivity index (χ1) is 11.8. The van der Waals surface area contributed by atoms with Crippen molar-refractivity contribution in [1.29, 1.82) is 0 Å². The predicted octanol–water partition coefficient (Wildman–Crippen LogP) is 4.14. The Morgan fingerprint density at radius 2 is 1.80 bits per heavy atom. The van der Waals surface area contributed by atoms with Gasteiger partial charge in [-0.05, 0) is 52.2 Å². The summed E-state index contributed by atoms with van der Waals surface area (Å²) in [4.78, 5) is 25.0. The highest BCUT2D eigenvalue weighted by molar-refractivity contribution is 5.99. The van der Waals surface area contributed by atoms with Gasteiger partial charge in [0.15, 0.2) is 6.61 Å². The smallest absolute Gasteiger partial charge is 0.316 e. The van der Waals surface area contributed by atoms with Crippen LogP contribution in [0, 0.1) is 13.8 Å². The van der Waals surface area contributed by atoms with Gasteiger partial charge in [0.1, 0.15) is 0 Å². The zero-order valence-electron chi connectivity index (χ0n) is 15.3. The molecule has 1 aromatic heterocycles. The highest BCUT2D eigenvalue weighted by atomic mass is 16.5. The molecule has 3 rings (SSSR count). The van der Waals surface area contributed by atoms with Crippen molar-refractivity contribution in [2.45, 2.75) is 52.0 Å². The summed E-state index contributed by atoms with van der Waals surface area (Å²) in [7, 11) is 0. The maximum absolute atomic E-state index is 12.6. The van der Waals surface area contributed by atoms with E-state index in [2.05, 4.69) is 4.57 Å². The fraction of sp³-hybridized carbons (Fsp3) is 0.429. The van der Waals surface area contributed by atoms with E-state index >= 15 is 0 Å². The van der Waals surface area contributed by atoms with Gasteiger partial charge in [-0.2, -0.15) is 0 Å². The van der Waals surface area contributed by atoms with E-state index in [1.54, 1.807) is 0 Å². The maximum Gasteiger partial charge on any atom is 0.316 e. The molecular weight excluding hydrogens is 314 g/mol. The molecule has 1 aliphatic rings. The third kappa shape index (κ3) is 3.39. The van der Waals surface area contributed by atoms with Crippen LogP contribution >= 0.6 is 0 Å². The average Bonchev–Trinajstić information content (AvgIpc) is 3.38. The van der Waals surface area contributed by atoms with E-state index < -0.39 is 5.41 Å². The van der Waals surface area contributed by atoms with Crippen LogP contribution in [0.1, 0.15) is 60.0 Å². The lowest BCUT2D eigenvalue weighted by Crippen LogP contribution is -2.32. The molecular formula is C21H25NO3. The van der Waals surface area contributed by atoms with Gasteiger partial charge in [-0.25, -0.2) is 0 Å². The van der Waals surface area contributed by atoms with Crippen molar-refractivity contribution in [3.05, 3.63) is 58.9 Å². The van der Waals surface area contributed by atoms with Crippen molar-refractivity contribution in [2.75, 3.05) is 6.61 Å². The monoisotopic (exact) mass is 339 g/mol. The molecule has 4 nitrogen and oxygen atoms in total. The lowest BCUT2D eigenvalue weighted by atomic mass is 9.85. The molecule has 0 bridgehead atoms. The second kappa shape index (κ2) is 6.51. The van der Waals surface area contributed by atoms with Gasteiger partial charge < -0.3 is 9.30 Å². The molecule has 0 N–H and O–H groups in total. The second-order valence-corrected chi connectivity index (χ2v) is 7.38. The van der Waals surface area contributed by atoms with Crippen LogP contribution in [0.5, 0.6) is 0 Å². The summed E-state index contributed by atoms with van der Waals surface area (Å²) in [6.45, 7) is 7.40. The largest absolute Gasteiger partial charge is 0.457 e. The third-order valence-corrected chi connectivity index (χ3v) is 5.04. The van der Waals surface area contributed by atoms with Gasteiger partial charge in [0.2, 0.25) is 5.78 Å². The van der Waals surface area contributed by atoms with Crippen LogP contribution in [-0.2, 0) is 14.9 Å². The molecule has 2 aromatic rings. The number of ether oxygens (including phenoxy) is 1. The summed E-state index contributed by atoms with van der Waals surface area (Å²) in [5.74, 6) is -0.528. The molecule has 4 heteroatoms. The average molecular weight is 339 g/mol. The highest BCUT2D eigenvalue weighted by Crippen LogP contribution is 2.38. The van der Waals surface area contributed by atoms with E-state index in [1.165, 1.54) is 12.8 Å². The molecule has 0 saturated heterocycles. The first kappa shape index (κ1) is 17.5. The summed E-state index contributed by atoms with van der Waals surface area (Å²) in [5.41, 5.74) is 2.82. The number of Topliss-reactive ketones (excluding diaryl/α,β-unsaturated/α-hetero) is 1. The molecule has 25 heavy (non-hydrogen) atoms. The lowest BCUT2D eigenvalue weighted by molar-refractivity contribution is -0.148. The molecule has 0 atom stereocenters. The van der Waals surface area contributed by atoms with Gasteiger partial charge in [-0.1, -0.05) is 30.3 Å². The number of carbonyl (C=O) groups excluding carboxylic acids is 2. The van der Waals surface area contributed by atoms with Crippen LogP contribution in [0.2, 0.25) is 0 Å². The molecule has 0 spiro atoms. The van der Waals surface area contributed by atoms with Crippen LogP contribution < -0.4 is 0 Å². The van der Waals surface area contributed by atoms with Crippen LogP contribution in [0.4, 0.5) is 0 Å². The van der Waals surface area contributed by atoms with Crippen LogP contribution in [0.15, 0.2) is 36.4 Å². The van der Waals surface area contributed by atoms with Crippen molar-refractivity contribution < 1.29 is 14.3 Å². The van der Waals surface area contributed by atoms with Gasteiger partial charge in [-0.3, -0.25) is 9.59 Å². The molecule has 1 heterocycles. The highest BCUT2D eigenvalue weighted by Gasteiger charge is 2.32. The van der Waals surface area contributed by atoms with Crippen molar-refractivity contribution >= 4 is 11.8 Å². The molecule has 0 unspecified atom stereocenters. The number of nitrogens with zero attached hydrogens (tertiary/aromatic N) is 1. The zero-order valence-corrected chi connectivity index (χ0v) is 15.3. The predicted molar refractivity (Wildman–Crippen MR) is 96.9 cm³/mol. The van der Waals surface area contributed by atoms with E-state index in [0.717, 1.165) is 17.0 Å². The minimum Gasteiger partial charge on any atom is -0.457 e. The van der Waals surface area contributed by atoms with Gasteiger partial charge in [0.25, 0.3) is 0 Å². The minimum absolute atomic E-state index is 0.141. The third-order valence-electron chi connectivity index (χ3n) is 5.04. The zero-order chi connectivity index (χ0) is 18.2. The Labute approximate surface area is 148 Å². The van der Waals surface area contributed by atoms with Crippen LogP contribution in [0.25, 0.3) is 0 Å². The molecule has 1 aromatic carbocycles. The number of carbonyl (C=O) groups is 2. The Balaban J connectivity index is 1.68. The second-order valence-electron chi connectivity index (χ2n) is 7.38. The molecule has 0 amide bonds. The standard InChI is InChI=1S/C21H25NO3/c1-14-12-18(15(2)22(14)17-10-11-17)19(23)13-25-20(24)21(3,4)16-8-6-5-7-9-16/h5-9,12,17H,10-11,13H2,1-4H3. The van der Waals surface area contributed by atoms with E-state index in [1.807, 2.05) is 64.1 Å². The van der Waals surface area contributed by atoms with Crippen molar-refractivity contribution in [3.8, 4) is 0 Å². The molecule has 0 aliphatic heterocycles. The van der Waals surface area contributed by atoms with Crippen LogP contribution in [0.3, 0.4) is 0 Å². The number of rotatable bonds is 6. The van der Waals surface area contributed by atoms with Gasteiger partial charge >= 0.3 is 5.97 Å². The topological polar surface area (TPSA) is 48.3 Å². The summed E-state index contributed by atoms with van der Waals surface area (Å²) < 4.78 is 7.59. The summed E-state index contributed by atoms with van der Waals surface area (Å²) in [6.07, 6.45) is 2.34. The van der Waals surface area contributed by atoms with Gasteiger partial charge in [0.05, 0.1) is 5.41 Å². The lowest BCUT2D eigenvalue weighted by Gasteiger charge is -2.22. The molecule has 1 saturated carbocycles. The number of benzene rings is 1. The number of esters is 1. The van der Waals surface area contributed by atoms with Crippen molar-refractivity contribution in [1.82, 2.24) is 4.57 Å². The molecule has 0 radical (unpaired) electrons. The normalized spacial score (nSPS) is 14.4. The molecule has 1 aliphatic carbocycles. The number of ketones is 1. The Hall–Kier alpha value is -2.36. The van der Waals surface area contributed by atoms with Crippen molar-refractivity contribution in [2.24, 2.45) is 0 Å². The quantitative estimate of drug-likeness (QED) is 0.587. The summed E-state index contributed by atoms with van der Waals surface area (Å²) in [6, 6.07) is 11.9. The van der Waals surface area contributed by atoms with Gasteiger partial charge in [0, 0.05) is 23.0 Å². The van der Waals surface area contributed by atoms with E-state index in [0.29, 0.717) is 11.6 Å². The summed E-state index contributed by atoms with van der Waals surface area (Å²) >= 11 is 0. The Morgan fingerprint density at radius 1 is 1.16 bits per heavy atom. The molecule has 1 fully saturated rings. The SMILES string of the molecule is Cc1cc(C(=O)COC(=O)C(C)(C)c2ccccc2)c(C)n1C1CC1. The van der Waals surface area contributed by atoms with Crippen molar-refractivity contribution in [3.63, 3.8) is 0 Å². The van der Waals surface area contributed by atoms with Crippen LogP contribution in [-0.4, -0.2) is 22.9 Å². The summed E-state index contributed by atoms with van der Waals surface area (Å²) in [5, 5.41) is 0. The fourth-order valence-corrected chi connectivity index (χ4v) is 3.32. The molecule has 132 valence electrons. The number of hydrogen-bond acceptors (Lipinski definition) is 3. The first-order valence-electron chi connectivity index (χ1n) is 8.76. The number of aryl methyl sites for hydroxylation is 1. The number of hydrogen-bond donors (Lipinski definition) is 0. The minimum atomic E-state index is -0.785. The first-order valence-corrected chi connectivity index (χ1v) is 8.76. The van der Waals surface area contributed by atoms with E-state index in [-0.39, 0.29) is 18.4 Å². The Bertz CT molecular complexity index is 798. The fourth-order valence-electron chi connectivity index (χ4n) is 3.32. The van der Waals surface area contributed by atoms with E-state index in [4.69, 9.17) is 4.74 Å². The number of aromatic nitrogens is 1. The van der Waals surface area contributed by atoms with Gasteiger partial charge in [-0.15, -0.1) is 0 Å². The van der Waals surface area contributed by atoms with E-state index in [9.17, 15) is 9.59 Å².